The van der Waals surface area contributed by atoms with E-state index in [4.69, 9.17) is 0 Å². The van der Waals surface area contributed by atoms with Gasteiger partial charge in [-0.3, -0.25) is 0 Å². The Morgan fingerprint density at radius 2 is 1.88 bits per heavy atom. The van der Waals surface area contributed by atoms with Crippen LogP contribution in [0.5, 0.6) is 0 Å². The Morgan fingerprint density at radius 3 is 2.41 bits per heavy atom. The lowest BCUT2D eigenvalue weighted by molar-refractivity contribution is 0.166. The SMILES string of the molecule is CCCNC(=O)N(C)C1CCC(NCC)CC1. The summed E-state index contributed by atoms with van der Waals surface area (Å²) in [5, 5.41) is 6.43. The van der Waals surface area contributed by atoms with Gasteiger partial charge in [-0.1, -0.05) is 13.8 Å². The predicted octanol–water partition coefficient (Wildman–Crippen LogP) is 1.96. The highest BCUT2D eigenvalue weighted by molar-refractivity contribution is 5.74. The van der Waals surface area contributed by atoms with Gasteiger partial charge in [0, 0.05) is 25.7 Å². The summed E-state index contributed by atoms with van der Waals surface area (Å²) in [5.74, 6) is 0. The van der Waals surface area contributed by atoms with Crippen LogP contribution in [0.1, 0.15) is 46.0 Å². The van der Waals surface area contributed by atoms with Crippen molar-refractivity contribution in [3.05, 3.63) is 0 Å². The second kappa shape index (κ2) is 7.54. The molecule has 0 radical (unpaired) electrons. The highest BCUT2D eigenvalue weighted by atomic mass is 16.2. The van der Waals surface area contributed by atoms with Gasteiger partial charge in [0.25, 0.3) is 0 Å². The van der Waals surface area contributed by atoms with Crippen molar-refractivity contribution in [2.45, 2.75) is 58.0 Å². The van der Waals surface area contributed by atoms with E-state index in [0.29, 0.717) is 12.1 Å². The molecule has 1 rings (SSSR count). The third-order valence-electron chi connectivity index (χ3n) is 3.58. The van der Waals surface area contributed by atoms with Crippen LogP contribution >= 0.6 is 0 Å². The van der Waals surface area contributed by atoms with Crippen molar-refractivity contribution < 1.29 is 4.79 Å². The third kappa shape index (κ3) is 4.54. The van der Waals surface area contributed by atoms with E-state index in [9.17, 15) is 4.79 Å². The van der Waals surface area contributed by atoms with Crippen molar-refractivity contribution in [3.8, 4) is 0 Å². The first-order valence-electron chi connectivity index (χ1n) is 6.93. The minimum Gasteiger partial charge on any atom is -0.338 e. The molecular weight excluding hydrogens is 214 g/mol. The van der Waals surface area contributed by atoms with Crippen molar-refractivity contribution in [2.75, 3.05) is 20.1 Å². The fraction of sp³-hybridized carbons (Fsp3) is 0.923. The largest absolute Gasteiger partial charge is 0.338 e. The fourth-order valence-electron chi connectivity index (χ4n) is 2.48. The first kappa shape index (κ1) is 14.3. The van der Waals surface area contributed by atoms with Crippen molar-refractivity contribution >= 4 is 6.03 Å². The van der Waals surface area contributed by atoms with Gasteiger partial charge in [0.1, 0.15) is 0 Å². The molecule has 1 saturated carbocycles. The topological polar surface area (TPSA) is 44.4 Å². The molecule has 1 fully saturated rings. The number of urea groups is 1. The van der Waals surface area contributed by atoms with E-state index in [0.717, 1.165) is 32.4 Å². The summed E-state index contributed by atoms with van der Waals surface area (Å²) >= 11 is 0. The van der Waals surface area contributed by atoms with Gasteiger partial charge in [0.2, 0.25) is 0 Å². The summed E-state index contributed by atoms with van der Waals surface area (Å²) in [6.45, 7) is 6.04. The van der Waals surface area contributed by atoms with Gasteiger partial charge in [0.15, 0.2) is 0 Å². The number of hydrogen-bond donors (Lipinski definition) is 2. The molecule has 4 heteroatoms. The molecule has 0 aromatic carbocycles. The summed E-state index contributed by atoms with van der Waals surface area (Å²) in [7, 11) is 1.92. The standard InChI is InChI=1S/C13H27N3O/c1-4-10-15-13(17)16(3)12-8-6-11(7-9-12)14-5-2/h11-12,14H,4-10H2,1-3H3,(H,15,17). The van der Waals surface area contributed by atoms with Crippen LogP contribution in [0.25, 0.3) is 0 Å². The normalized spacial score (nSPS) is 24.4. The minimum atomic E-state index is 0.0822. The van der Waals surface area contributed by atoms with E-state index >= 15 is 0 Å². The molecule has 0 spiro atoms. The first-order chi connectivity index (χ1) is 8.19. The monoisotopic (exact) mass is 241 g/mol. The number of nitrogens with one attached hydrogen (secondary N) is 2. The van der Waals surface area contributed by atoms with Crippen molar-refractivity contribution in [1.29, 1.82) is 0 Å². The zero-order valence-corrected chi connectivity index (χ0v) is 11.5. The highest BCUT2D eigenvalue weighted by Crippen LogP contribution is 2.22. The van der Waals surface area contributed by atoms with Crippen LogP contribution in [0.3, 0.4) is 0 Å². The lowest BCUT2D eigenvalue weighted by atomic mass is 9.90. The zero-order chi connectivity index (χ0) is 12.7. The first-order valence-corrected chi connectivity index (χ1v) is 6.93. The van der Waals surface area contributed by atoms with Crippen molar-refractivity contribution in [1.82, 2.24) is 15.5 Å². The second-order valence-corrected chi connectivity index (χ2v) is 4.91. The Morgan fingerprint density at radius 1 is 1.24 bits per heavy atom. The molecule has 0 aromatic rings. The molecule has 4 nitrogen and oxygen atoms in total. The number of hydrogen-bond acceptors (Lipinski definition) is 2. The number of carbonyl (C=O) groups excluding carboxylic acids is 1. The van der Waals surface area contributed by atoms with Crippen LogP contribution < -0.4 is 10.6 Å². The van der Waals surface area contributed by atoms with Crippen LogP contribution in [0.4, 0.5) is 4.79 Å². The summed E-state index contributed by atoms with van der Waals surface area (Å²) in [6.07, 6.45) is 5.60. The smallest absolute Gasteiger partial charge is 0.317 e. The summed E-state index contributed by atoms with van der Waals surface area (Å²) < 4.78 is 0. The molecule has 2 N–H and O–H groups in total. The molecule has 1 aliphatic rings. The van der Waals surface area contributed by atoms with Crippen LogP contribution in [0.2, 0.25) is 0 Å². The van der Waals surface area contributed by atoms with Crippen molar-refractivity contribution in [3.63, 3.8) is 0 Å². The molecule has 0 unspecified atom stereocenters. The van der Waals surface area contributed by atoms with Gasteiger partial charge in [-0.05, 0) is 38.6 Å². The van der Waals surface area contributed by atoms with E-state index in [1.165, 1.54) is 12.8 Å². The molecule has 0 aliphatic heterocycles. The van der Waals surface area contributed by atoms with Gasteiger partial charge in [0.05, 0.1) is 0 Å². The minimum absolute atomic E-state index is 0.0822. The molecule has 0 atom stereocenters. The van der Waals surface area contributed by atoms with Crippen LogP contribution in [0.15, 0.2) is 0 Å². The maximum atomic E-state index is 11.8. The van der Waals surface area contributed by atoms with Gasteiger partial charge in [-0.25, -0.2) is 4.79 Å². The Balaban J connectivity index is 2.29. The van der Waals surface area contributed by atoms with E-state index in [1.807, 2.05) is 11.9 Å². The Bertz CT molecular complexity index is 225. The van der Waals surface area contributed by atoms with Gasteiger partial charge < -0.3 is 15.5 Å². The maximum Gasteiger partial charge on any atom is 0.317 e. The second-order valence-electron chi connectivity index (χ2n) is 4.91. The zero-order valence-electron chi connectivity index (χ0n) is 11.5. The molecule has 100 valence electrons. The number of carbonyl (C=O) groups is 1. The molecule has 0 bridgehead atoms. The highest BCUT2D eigenvalue weighted by Gasteiger charge is 2.25. The Kier molecular flexibility index (Phi) is 6.34. The number of nitrogens with zero attached hydrogens (tertiary/aromatic N) is 1. The molecule has 17 heavy (non-hydrogen) atoms. The lowest BCUT2D eigenvalue weighted by Gasteiger charge is -2.34. The third-order valence-corrected chi connectivity index (χ3v) is 3.58. The molecule has 0 saturated heterocycles. The molecular formula is C13H27N3O. The quantitative estimate of drug-likeness (QED) is 0.773. The van der Waals surface area contributed by atoms with Crippen molar-refractivity contribution in [2.24, 2.45) is 0 Å². The number of rotatable bonds is 5. The Labute approximate surface area is 105 Å². The van der Waals surface area contributed by atoms with E-state index in [1.54, 1.807) is 0 Å². The molecule has 0 aromatic heterocycles. The van der Waals surface area contributed by atoms with E-state index in [-0.39, 0.29) is 6.03 Å². The average Bonchev–Trinajstić information content (AvgIpc) is 2.36. The summed E-state index contributed by atoms with van der Waals surface area (Å²) in [6, 6.07) is 1.16. The fourth-order valence-corrected chi connectivity index (χ4v) is 2.48. The van der Waals surface area contributed by atoms with Crippen LogP contribution in [-0.2, 0) is 0 Å². The summed E-state index contributed by atoms with van der Waals surface area (Å²) in [5.41, 5.74) is 0. The van der Waals surface area contributed by atoms with E-state index in [2.05, 4.69) is 24.5 Å². The maximum absolute atomic E-state index is 11.8. The van der Waals surface area contributed by atoms with Gasteiger partial charge >= 0.3 is 6.03 Å². The lowest BCUT2D eigenvalue weighted by Crippen LogP contribution is -2.47. The Hall–Kier alpha value is -0.770. The predicted molar refractivity (Wildman–Crippen MR) is 71.2 cm³/mol. The van der Waals surface area contributed by atoms with Crippen LogP contribution in [-0.4, -0.2) is 43.2 Å². The average molecular weight is 241 g/mol. The van der Waals surface area contributed by atoms with Gasteiger partial charge in [-0.15, -0.1) is 0 Å². The number of amides is 2. The van der Waals surface area contributed by atoms with Crippen LogP contribution in [0, 0.1) is 0 Å². The van der Waals surface area contributed by atoms with E-state index < -0.39 is 0 Å². The molecule has 0 heterocycles. The summed E-state index contributed by atoms with van der Waals surface area (Å²) in [4.78, 5) is 13.7. The van der Waals surface area contributed by atoms with Gasteiger partial charge in [-0.2, -0.15) is 0 Å². The molecule has 1 aliphatic carbocycles. The molecule has 2 amide bonds.